The molecule has 1 fully saturated rings. The van der Waals surface area contributed by atoms with Crippen molar-refractivity contribution >= 4 is 5.97 Å². The number of aliphatic hydroxyl groups is 5. The summed E-state index contributed by atoms with van der Waals surface area (Å²) in [4.78, 5) is 15.1. The van der Waals surface area contributed by atoms with Crippen LogP contribution in [-0.2, 0) is 4.74 Å². The summed E-state index contributed by atoms with van der Waals surface area (Å²) in [6, 6.07) is 6.48. The van der Waals surface area contributed by atoms with Gasteiger partial charge in [-0.15, -0.1) is 0 Å². The number of carbonyl (C=O) groups is 1. The van der Waals surface area contributed by atoms with Crippen LogP contribution in [-0.4, -0.2) is 78.7 Å². The predicted molar refractivity (Wildman–Crippen MR) is 100 cm³/mol. The molecule has 0 amide bonds. The van der Waals surface area contributed by atoms with Gasteiger partial charge in [-0.25, -0.2) is 4.79 Å². The molecule has 1 saturated heterocycles. The summed E-state index contributed by atoms with van der Waals surface area (Å²) in [7, 11) is 0. The Kier molecular flexibility index (Phi) is 6.27. The molecule has 0 unspecified atom stereocenters. The van der Waals surface area contributed by atoms with Gasteiger partial charge in [0.1, 0.15) is 36.6 Å². The molecule has 1 aliphatic rings. The first kappa shape index (κ1) is 21.3. The molecule has 29 heavy (non-hydrogen) atoms. The van der Waals surface area contributed by atoms with E-state index in [2.05, 4.69) is 4.98 Å². The van der Waals surface area contributed by atoms with Crippen molar-refractivity contribution in [2.75, 3.05) is 6.61 Å². The molecule has 0 radical (unpaired) electrons. The van der Waals surface area contributed by atoms with Crippen molar-refractivity contribution in [3.05, 3.63) is 53.3 Å². The Morgan fingerprint density at radius 1 is 1.10 bits per heavy atom. The second-order valence-electron chi connectivity index (χ2n) is 7.08. The Morgan fingerprint density at radius 2 is 1.83 bits per heavy atom. The molecule has 0 spiro atoms. The Hall–Kier alpha value is -2.40. The molecule has 2 heterocycles. The minimum atomic E-state index is -1.58. The van der Waals surface area contributed by atoms with Crippen molar-refractivity contribution in [2.45, 2.75) is 43.5 Å². The molecule has 1 aliphatic heterocycles. The minimum absolute atomic E-state index is 0.0468. The van der Waals surface area contributed by atoms with Crippen molar-refractivity contribution in [2.24, 2.45) is 0 Å². The summed E-state index contributed by atoms with van der Waals surface area (Å²) in [6.07, 6.45) is -5.58. The van der Waals surface area contributed by atoms with Gasteiger partial charge in [-0.3, -0.25) is 4.98 Å². The molecule has 9 nitrogen and oxygen atoms in total. The molecular formula is C20H23NO8. The van der Waals surface area contributed by atoms with Crippen LogP contribution in [0.2, 0.25) is 0 Å². The van der Waals surface area contributed by atoms with Gasteiger partial charge in [-0.2, -0.15) is 0 Å². The third-order valence-electron chi connectivity index (χ3n) is 5.15. The van der Waals surface area contributed by atoms with Crippen LogP contribution in [0.5, 0.6) is 0 Å². The van der Waals surface area contributed by atoms with Crippen LogP contribution in [0.3, 0.4) is 0 Å². The van der Waals surface area contributed by atoms with Gasteiger partial charge in [0.15, 0.2) is 0 Å². The zero-order valence-electron chi connectivity index (χ0n) is 15.6. The van der Waals surface area contributed by atoms with Crippen molar-refractivity contribution in [3.8, 4) is 11.1 Å². The van der Waals surface area contributed by atoms with Crippen molar-refractivity contribution in [1.29, 1.82) is 0 Å². The van der Waals surface area contributed by atoms with Crippen LogP contribution in [0.1, 0.15) is 27.6 Å². The number of benzene rings is 1. The number of carboxylic acids is 1. The van der Waals surface area contributed by atoms with Crippen molar-refractivity contribution in [3.63, 3.8) is 0 Å². The summed E-state index contributed by atoms with van der Waals surface area (Å²) >= 11 is 0. The predicted octanol–water partition coefficient (Wildman–Crippen LogP) is -0.369. The second-order valence-corrected chi connectivity index (χ2v) is 7.08. The van der Waals surface area contributed by atoms with Crippen molar-refractivity contribution < 1.29 is 40.2 Å². The lowest BCUT2D eigenvalue weighted by molar-refractivity contribution is -0.250. The Morgan fingerprint density at radius 3 is 2.45 bits per heavy atom. The van der Waals surface area contributed by atoms with E-state index in [-0.39, 0.29) is 5.56 Å². The quantitative estimate of drug-likeness (QED) is 0.390. The number of carboxylic acid groups (broad SMARTS) is 1. The Balaban J connectivity index is 1.88. The third kappa shape index (κ3) is 4.15. The van der Waals surface area contributed by atoms with Gasteiger partial charge in [0.2, 0.25) is 0 Å². The number of pyridine rings is 1. The van der Waals surface area contributed by atoms with Crippen LogP contribution < -0.4 is 0 Å². The van der Waals surface area contributed by atoms with Crippen molar-refractivity contribution in [1.82, 2.24) is 4.98 Å². The van der Waals surface area contributed by atoms with Gasteiger partial charge < -0.3 is 35.4 Å². The maximum Gasteiger partial charge on any atom is 0.337 e. The highest BCUT2D eigenvalue weighted by molar-refractivity contribution is 5.88. The lowest BCUT2D eigenvalue weighted by Gasteiger charge is -2.42. The third-order valence-corrected chi connectivity index (χ3v) is 5.15. The first-order valence-corrected chi connectivity index (χ1v) is 9.02. The molecular weight excluding hydrogens is 382 g/mol. The van der Waals surface area contributed by atoms with E-state index in [1.165, 1.54) is 18.5 Å². The van der Waals surface area contributed by atoms with E-state index >= 15 is 0 Å². The molecule has 0 aliphatic carbocycles. The molecule has 2 aromatic rings. The van der Waals surface area contributed by atoms with E-state index in [1.54, 1.807) is 25.1 Å². The number of aromatic carboxylic acids is 1. The SMILES string of the molecule is Cc1cc(-c2cncc(C(=O)O)c2)ccc1[C@@H](O)[C@H]1O[C@H](CO)[C@@H](O)[C@H](O)[C@@H]1O. The van der Waals surface area contributed by atoms with Gasteiger partial charge in [-0.1, -0.05) is 18.2 Å². The summed E-state index contributed by atoms with van der Waals surface area (Å²) in [5.41, 5.74) is 2.36. The van der Waals surface area contributed by atoms with Gasteiger partial charge in [-0.05, 0) is 29.7 Å². The topological polar surface area (TPSA) is 161 Å². The average Bonchev–Trinajstić information content (AvgIpc) is 2.72. The van der Waals surface area contributed by atoms with E-state index in [0.29, 0.717) is 22.3 Å². The molecule has 1 aromatic heterocycles. The highest BCUT2D eigenvalue weighted by Gasteiger charge is 2.46. The van der Waals surface area contributed by atoms with E-state index in [9.17, 15) is 30.3 Å². The maximum absolute atomic E-state index is 11.1. The summed E-state index contributed by atoms with van der Waals surface area (Å²) < 4.78 is 5.42. The summed E-state index contributed by atoms with van der Waals surface area (Å²) in [5, 5.41) is 59.2. The van der Waals surface area contributed by atoms with Crippen LogP contribution >= 0.6 is 0 Å². The molecule has 6 atom stereocenters. The maximum atomic E-state index is 11.1. The summed E-state index contributed by atoms with van der Waals surface area (Å²) in [5.74, 6) is -1.09. The number of aryl methyl sites for hydroxylation is 1. The molecule has 9 heteroatoms. The zero-order valence-corrected chi connectivity index (χ0v) is 15.6. The largest absolute Gasteiger partial charge is 0.478 e. The lowest BCUT2D eigenvalue weighted by Crippen LogP contribution is -2.59. The fourth-order valence-electron chi connectivity index (χ4n) is 3.47. The van der Waals surface area contributed by atoms with Crippen LogP contribution in [0.25, 0.3) is 11.1 Å². The molecule has 1 aromatic carbocycles. The fourth-order valence-corrected chi connectivity index (χ4v) is 3.47. The normalized spacial score (nSPS) is 28.1. The first-order valence-electron chi connectivity index (χ1n) is 9.02. The number of hydrogen-bond donors (Lipinski definition) is 6. The standard InChI is InChI=1S/C20H23NO8/c1-9-4-10(11-5-12(20(27)28)7-21-6-11)2-3-13(9)15(23)19-18(26)17(25)16(24)14(8-22)29-19/h2-7,14-19,22-26H,8H2,1H3,(H,27,28)/t14-,15-,16-,17+,18+,19-/m1/s1. The smallest absolute Gasteiger partial charge is 0.337 e. The highest BCUT2D eigenvalue weighted by atomic mass is 16.6. The summed E-state index contributed by atoms with van der Waals surface area (Å²) in [6.45, 7) is 1.14. The minimum Gasteiger partial charge on any atom is -0.478 e. The number of nitrogens with zero attached hydrogens (tertiary/aromatic N) is 1. The molecule has 0 bridgehead atoms. The zero-order chi connectivity index (χ0) is 21.3. The molecule has 3 rings (SSSR count). The van der Waals surface area contributed by atoms with Crippen LogP contribution in [0, 0.1) is 6.92 Å². The van der Waals surface area contributed by atoms with Crippen LogP contribution in [0.4, 0.5) is 0 Å². The number of aliphatic hydroxyl groups excluding tert-OH is 5. The van der Waals surface area contributed by atoms with E-state index < -0.39 is 49.2 Å². The van der Waals surface area contributed by atoms with Gasteiger partial charge in [0.25, 0.3) is 0 Å². The number of hydrogen-bond acceptors (Lipinski definition) is 8. The highest BCUT2D eigenvalue weighted by Crippen LogP contribution is 2.33. The first-order chi connectivity index (χ1) is 13.7. The molecule has 0 saturated carbocycles. The van der Waals surface area contributed by atoms with Gasteiger partial charge >= 0.3 is 5.97 Å². The van der Waals surface area contributed by atoms with E-state index in [4.69, 9.17) is 9.84 Å². The van der Waals surface area contributed by atoms with E-state index in [0.717, 1.165) is 0 Å². The monoisotopic (exact) mass is 405 g/mol. The Bertz CT molecular complexity index is 887. The lowest BCUT2D eigenvalue weighted by atomic mass is 9.88. The van der Waals surface area contributed by atoms with Crippen LogP contribution in [0.15, 0.2) is 36.7 Å². The van der Waals surface area contributed by atoms with E-state index in [1.807, 2.05) is 0 Å². The number of ether oxygens (including phenoxy) is 1. The van der Waals surface area contributed by atoms with Gasteiger partial charge in [0.05, 0.1) is 12.2 Å². The second kappa shape index (κ2) is 8.54. The number of rotatable bonds is 5. The van der Waals surface area contributed by atoms with Gasteiger partial charge in [0, 0.05) is 18.0 Å². The average molecular weight is 405 g/mol. The number of aromatic nitrogens is 1. The Labute approximate surface area is 166 Å². The molecule has 156 valence electrons. The molecule has 6 N–H and O–H groups in total. The fraction of sp³-hybridized carbons (Fsp3) is 0.400.